The third-order valence-corrected chi connectivity index (χ3v) is 1.03. The van der Waals surface area contributed by atoms with Gasteiger partial charge in [0.05, 0.1) is 19.3 Å². The smallest absolute Gasteiger partial charge is 0.0795 e. The van der Waals surface area contributed by atoms with Gasteiger partial charge in [-0.3, -0.25) is 0 Å². The van der Waals surface area contributed by atoms with E-state index in [4.69, 9.17) is 20.7 Å². The fourth-order valence-corrected chi connectivity index (χ4v) is 0.535. The maximum atomic E-state index is 8.95. The Bertz CT molecular complexity index is 70.0. The van der Waals surface area contributed by atoms with Gasteiger partial charge >= 0.3 is 0 Å². The van der Waals surface area contributed by atoms with Crippen molar-refractivity contribution in [3.8, 4) is 0 Å². The maximum absolute atomic E-state index is 8.95. The minimum atomic E-state index is -0.559. The van der Waals surface area contributed by atoms with Gasteiger partial charge in [0.15, 0.2) is 0 Å². The van der Waals surface area contributed by atoms with Crippen molar-refractivity contribution in [3.05, 3.63) is 0 Å². The van der Waals surface area contributed by atoms with Crippen molar-refractivity contribution >= 4 is 0 Å². The van der Waals surface area contributed by atoms with Gasteiger partial charge in [-0.2, -0.15) is 0 Å². The van der Waals surface area contributed by atoms with Gasteiger partial charge in [-0.25, -0.2) is 0 Å². The zero-order valence-corrected chi connectivity index (χ0v) is 5.99. The van der Waals surface area contributed by atoms with Crippen molar-refractivity contribution in [3.63, 3.8) is 0 Å². The van der Waals surface area contributed by atoms with Gasteiger partial charge in [0.1, 0.15) is 0 Å². The molecule has 0 radical (unpaired) electrons. The van der Waals surface area contributed by atoms with Crippen LogP contribution in [0.3, 0.4) is 0 Å². The highest BCUT2D eigenvalue weighted by atomic mass is 16.5. The second-order valence-electron chi connectivity index (χ2n) is 2.03. The molecule has 0 amide bonds. The lowest BCUT2D eigenvalue weighted by Crippen LogP contribution is -2.19. The summed E-state index contributed by atoms with van der Waals surface area (Å²) < 4.78 is 4.91. The van der Waals surface area contributed by atoms with Crippen LogP contribution in [0, 0.1) is 0 Å². The van der Waals surface area contributed by atoms with Crippen LogP contribution in [0.15, 0.2) is 0 Å². The van der Waals surface area contributed by atoms with Gasteiger partial charge in [-0.15, -0.1) is 0 Å². The topological polar surface area (TPSA) is 75.7 Å². The molecule has 0 saturated heterocycles. The van der Waals surface area contributed by atoms with E-state index in [2.05, 4.69) is 0 Å². The van der Waals surface area contributed by atoms with Gasteiger partial charge in [0.25, 0.3) is 0 Å². The molecule has 0 aliphatic heterocycles. The molecule has 4 heteroatoms. The third-order valence-electron chi connectivity index (χ3n) is 1.03. The van der Waals surface area contributed by atoms with Gasteiger partial charge in [0, 0.05) is 13.2 Å². The van der Waals surface area contributed by atoms with Crippen molar-refractivity contribution in [2.45, 2.75) is 12.5 Å². The molecule has 0 aliphatic carbocycles. The molecule has 4 N–H and O–H groups in total. The van der Waals surface area contributed by atoms with E-state index < -0.39 is 6.10 Å². The number of hydrogen-bond donors (Lipinski definition) is 3. The quantitative estimate of drug-likeness (QED) is 0.410. The van der Waals surface area contributed by atoms with Gasteiger partial charge < -0.3 is 20.7 Å². The lowest BCUT2D eigenvalue weighted by Gasteiger charge is -2.07. The highest BCUT2D eigenvalue weighted by molar-refractivity contribution is 4.51. The van der Waals surface area contributed by atoms with E-state index in [1.165, 1.54) is 0 Å². The lowest BCUT2D eigenvalue weighted by molar-refractivity contribution is 0.0271. The van der Waals surface area contributed by atoms with Crippen LogP contribution in [0.4, 0.5) is 0 Å². The number of aliphatic hydroxyl groups is 2. The first-order chi connectivity index (χ1) is 4.81. The minimum Gasteiger partial charge on any atom is -0.396 e. The molecule has 0 heterocycles. The molecule has 0 spiro atoms. The summed E-state index contributed by atoms with van der Waals surface area (Å²) in [6, 6.07) is 0. The standard InChI is InChI=1S/C6H15NO3/c7-2-4-10-5-6(9)1-3-8/h6,8-9H,1-5,7H2. The Hall–Kier alpha value is -0.160. The summed E-state index contributed by atoms with van der Waals surface area (Å²) in [5, 5.41) is 17.3. The van der Waals surface area contributed by atoms with Crippen LogP contribution in [0.25, 0.3) is 0 Å². The van der Waals surface area contributed by atoms with Crippen molar-refractivity contribution in [1.82, 2.24) is 0 Å². The van der Waals surface area contributed by atoms with Crippen LogP contribution < -0.4 is 5.73 Å². The average Bonchev–Trinajstić information content (AvgIpc) is 1.89. The Labute approximate surface area is 60.6 Å². The first-order valence-electron chi connectivity index (χ1n) is 3.38. The van der Waals surface area contributed by atoms with Gasteiger partial charge in [-0.1, -0.05) is 0 Å². The zero-order chi connectivity index (χ0) is 7.82. The van der Waals surface area contributed by atoms with E-state index in [0.717, 1.165) is 0 Å². The fraction of sp³-hybridized carbons (Fsp3) is 1.00. The number of nitrogens with two attached hydrogens (primary N) is 1. The lowest BCUT2D eigenvalue weighted by atomic mass is 10.3. The Morgan fingerprint density at radius 1 is 1.50 bits per heavy atom. The van der Waals surface area contributed by atoms with Crippen molar-refractivity contribution in [2.24, 2.45) is 5.73 Å². The van der Waals surface area contributed by atoms with Crippen LogP contribution in [0.5, 0.6) is 0 Å². The Morgan fingerprint density at radius 2 is 2.20 bits per heavy atom. The molecule has 0 aromatic rings. The number of hydrogen-bond acceptors (Lipinski definition) is 4. The highest BCUT2D eigenvalue weighted by Crippen LogP contribution is 1.89. The Balaban J connectivity index is 2.97. The first-order valence-corrected chi connectivity index (χ1v) is 3.38. The molecular weight excluding hydrogens is 134 g/mol. The number of rotatable bonds is 6. The predicted molar refractivity (Wildman–Crippen MR) is 37.6 cm³/mol. The van der Waals surface area contributed by atoms with Crippen LogP contribution in [-0.2, 0) is 4.74 Å². The summed E-state index contributed by atoms with van der Waals surface area (Å²) in [6.45, 7) is 1.18. The summed E-state index contributed by atoms with van der Waals surface area (Å²) >= 11 is 0. The number of ether oxygens (including phenoxy) is 1. The van der Waals surface area contributed by atoms with Crippen LogP contribution >= 0.6 is 0 Å². The van der Waals surface area contributed by atoms with E-state index in [9.17, 15) is 0 Å². The van der Waals surface area contributed by atoms with E-state index >= 15 is 0 Å². The molecule has 0 aromatic heterocycles. The van der Waals surface area contributed by atoms with E-state index in [1.54, 1.807) is 0 Å². The van der Waals surface area contributed by atoms with Crippen LogP contribution in [-0.4, -0.2) is 42.7 Å². The molecule has 1 atom stereocenters. The third kappa shape index (κ3) is 5.97. The largest absolute Gasteiger partial charge is 0.396 e. The molecule has 0 aromatic carbocycles. The normalized spacial score (nSPS) is 13.5. The van der Waals surface area contributed by atoms with E-state index in [-0.39, 0.29) is 13.2 Å². The minimum absolute atomic E-state index is 0.00679. The van der Waals surface area contributed by atoms with Crippen LogP contribution in [0.1, 0.15) is 6.42 Å². The second-order valence-corrected chi connectivity index (χ2v) is 2.03. The summed E-state index contributed by atoms with van der Waals surface area (Å²) in [5.74, 6) is 0. The van der Waals surface area contributed by atoms with E-state index in [1.807, 2.05) is 0 Å². The maximum Gasteiger partial charge on any atom is 0.0795 e. The average molecular weight is 149 g/mol. The van der Waals surface area contributed by atoms with Crippen LogP contribution in [0.2, 0.25) is 0 Å². The number of aliphatic hydroxyl groups excluding tert-OH is 2. The van der Waals surface area contributed by atoms with Crippen molar-refractivity contribution < 1.29 is 14.9 Å². The van der Waals surface area contributed by atoms with E-state index in [0.29, 0.717) is 19.6 Å². The summed E-state index contributed by atoms with van der Waals surface area (Å²) in [5.41, 5.74) is 5.13. The molecule has 0 rings (SSSR count). The molecule has 0 saturated carbocycles. The molecule has 4 nitrogen and oxygen atoms in total. The molecule has 10 heavy (non-hydrogen) atoms. The Morgan fingerprint density at radius 3 is 2.70 bits per heavy atom. The molecular formula is C6H15NO3. The zero-order valence-electron chi connectivity index (χ0n) is 5.99. The molecule has 0 fully saturated rings. The first kappa shape index (κ1) is 9.84. The molecule has 1 unspecified atom stereocenters. The summed E-state index contributed by atoms with van der Waals surface area (Å²) in [7, 11) is 0. The highest BCUT2D eigenvalue weighted by Gasteiger charge is 2.01. The second kappa shape index (κ2) is 6.95. The molecule has 0 aliphatic rings. The monoisotopic (exact) mass is 149 g/mol. The Kier molecular flexibility index (Phi) is 6.84. The van der Waals surface area contributed by atoms with Gasteiger partial charge in [-0.05, 0) is 6.42 Å². The molecule has 0 bridgehead atoms. The van der Waals surface area contributed by atoms with Crippen molar-refractivity contribution in [2.75, 3.05) is 26.4 Å². The van der Waals surface area contributed by atoms with Gasteiger partial charge in [0.2, 0.25) is 0 Å². The summed E-state index contributed by atoms with van der Waals surface area (Å²) in [4.78, 5) is 0. The van der Waals surface area contributed by atoms with Crippen molar-refractivity contribution in [1.29, 1.82) is 0 Å². The summed E-state index contributed by atoms with van der Waals surface area (Å²) in [6.07, 6.45) is -0.193. The SMILES string of the molecule is NCCOCC(O)CCO. The predicted octanol–water partition coefficient (Wildman–Crippen LogP) is -1.30. The molecule has 62 valence electrons. The fourth-order valence-electron chi connectivity index (χ4n) is 0.535.